The third kappa shape index (κ3) is 3.50. The molecule has 1 aromatic carbocycles. The third-order valence-electron chi connectivity index (χ3n) is 4.45. The lowest BCUT2D eigenvalue weighted by molar-refractivity contribution is 0.729. The van der Waals surface area contributed by atoms with Crippen molar-refractivity contribution in [3.8, 4) is 10.6 Å². The van der Waals surface area contributed by atoms with Gasteiger partial charge in [-0.2, -0.15) is 0 Å². The average Bonchev–Trinajstić information content (AvgIpc) is 3.30. The molecule has 0 N–H and O–H groups in total. The lowest BCUT2D eigenvalue weighted by Gasteiger charge is -2.04. The monoisotopic (exact) mass is 426 g/mol. The zero-order valence-corrected chi connectivity index (χ0v) is 17.7. The summed E-state index contributed by atoms with van der Waals surface area (Å²) in [4.78, 5) is 22.0. The molecule has 142 valence electrons. The van der Waals surface area contributed by atoms with Crippen molar-refractivity contribution < 1.29 is 0 Å². The van der Waals surface area contributed by atoms with E-state index in [0.29, 0.717) is 27.4 Å². The molecule has 0 saturated heterocycles. The van der Waals surface area contributed by atoms with Crippen LogP contribution in [-0.4, -0.2) is 19.1 Å². The summed E-state index contributed by atoms with van der Waals surface area (Å²) in [6.45, 7) is 6.80. The fourth-order valence-electron chi connectivity index (χ4n) is 2.94. The smallest absolute Gasteiger partial charge is 0.273 e. The Morgan fingerprint density at radius 2 is 2.07 bits per heavy atom. The zero-order valence-electron chi connectivity index (χ0n) is 15.3. The van der Waals surface area contributed by atoms with E-state index in [0.717, 1.165) is 22.7 Å². The van der Waals surface area contributed by atoms with Crippen LogP contribution in [0, 0.1) is 3.95 Å². The van der Waals surface area contributed by atoms with E-state index in [-0.39, 0.29) is 5.56 Å². The maximum absolute atomic E-state index is 12.9. The van der Waals surface area contributed by atoms with Gasteiger partial charge in [0, 0.05) is 17.5 Å². The number of hydrogen-bond acceptors (Lipinski definition) is 6. The molecule has 0 aliphatic heterocycles. The maximum atomic E-state index is 12.9. The van der Waals surface area contributed by atoms with Crippen LogP contribution in [-0.2, 0) is 19.5 Å². The minimum Gasteiger partial charge on any atom is -0.304 e. The summed E-state index contributed by atoms with van der Waals surface area (Å²) >= 11 is 8.23. The highest BCUT2D eigenvalue weighted by Crippen LogP contribution is 2.25. The molecule has 28 heavy (non-hydrogen) atoms. The van der Waals surface area contributed by atoms with Gasteiger partial charge < -0.3 is 4.57 Å². The Kier molecular flexibility index (Phi) is 5.34. The van der Waals surface area contributed by atoms with Gasteiger partial charge in [0.25, 0.3) is 5.56 Å². The number of hydrogen-bond donors (Lipinski definition) is 0. The number of rotatable bonds is 6. The molecule has 0 aliphatic carbocycles. The van der Waals surface area contributed by atoms with Crippen LogP contribution in [0.1, 0.15) is 18.2 Å². The summed E-state index contributed by atoms with van der Waals surface area (Å²) in [5.74, 6) is 0. The minimum atomic E-state index is -0.0919. The van der Waals surface area contributed by atoms with Crippen LogP contribution in [0.2, 0.25) is 0 Å². The Morgan fingerprint density at radius 1 is 1.29 bits per heavy atom. The molecule has 4 rings (SSSR count). The highest BCUT2D eigenvalue weighted by molar-refractivity contribution is 7.73. The lowest BCUT2D eigenvalue weighted by Crippen LogP contribution is -2.21. The van der Waals surface area contributed by atoms with Gasteiger partial charge >= 0.3 is 0 Å². The fraction of sp³-hybridized carbons (Fsp3) is 0.200. The third-order valence-corrected chi connectivity index (χ3v) is 6.81. The summed E-state index contributed by atoms with van der Waals surface area (Å²) in [6, 6.07) is 8.44. The Hall–Kier alpha value is -2.42. The van der Waals surface area contributed by atoms with E-state index in [2.05, 4.69) is 42.8 Å². The number of thiazole rings is 2. The number of benzene rings is 1. The number of fused-ring (bicyclic) bond motifs is 1. The van der Waals surface area contributed by atoms with Gasteiger partial charge in [0.15, 0.2) is 9.60 Å². The van der Waals surface area contributed by atoms with Gasteiger partial charge in [-0.15, -0.1) is 17.9 Å². The molecule has 4 aromatic rings. The van der Waals surface area contributed by atoms with Crippen LogP contribution in [0.15, 0.2) is 53.4 Å². The fourth-order valence-corrected chi connectivity index (χ4v) is 5.08. The molecule has 8 heteroatoms. The largest absolute Gasteiger partial charge is 0.304 e. The quantitative estimate of drug-likeness (QED) is 0.325. The van der Waals surface area contributed by atoms with Crippen LogP contribution in [0.25, 0.3) is 20.9 Å². The van der Waals surface area contributed by atoms with Crippen LogP contribution < -0.4 is 5.56 Å². The van der Waals surface area contributed by atoms with Gasteiger partial charge in [0.2, 0.25) is 0 Å². The zero-order chi connectivity index (χ0) is 19.7. The van der Waals surface area contributed by atoms with Crippen molar-refractivity contribution in [3.63, 3.8) is 0 Å². The van der Waals surface area contributed by atoms with Crippen molar-refractivity contribution in [3.05, 3.63) is 74.2 Å². The van der Waals surface area contributed by atoms with Gasteiger partial charge in [-0.1, -0.05) is 48.6 Å². The first-order valence-corrected chi connectivity index (χ1v) is 10.9. The topological polar surface area (TPSA) is 52.7 Å². The Labute approximate surface area is 175 Å². The summed E-state index contributed by atoms with van der Waals surface area (Å²) in [5, 5.41) is 2.94. The van der Waals surface area contributed by atoms with Crippen LogP contribution in [0.5, 0.6) is 0 Å². The molecule has 0 unspecified atom stereocenters. The van der Waals surface area contributed by atoms with Crippen molar-refractivity contribution >= 4 is 45.2 Å². The van der Waals surface area contributed by atoms with Gasteiger partial charge in [0.05, 0.1) is 12.2 Å². The predicted molar refractivity (Wildman–Crippen MR) is 119 cm³/mol. The first-order chi connectivity index (χ1) is 13.6. The van der Waals surface area contributed by atoms with Gasteiger partial charge in [-0.3, -0.25) is 9.36 Å². The molecule has 3 heterocycles. The normalized spacial score (nSPS) is 11.2. The van der Waals surface area contributed by atoms with Crippen molar-refractivity contribution in [2.24, 2.45) is 0 Å². The number of aromatic nitrogens is 4. The number of aryl methyl sites for hydroxylation is 1. The number of allylic oxidation sites excluding steroid dienone is 1. The van der Waals surface area contributed by atoms with E-state index < -0.39 is 0 Å². The Balaban J connectivity index is 1.64. The van der Waals surface area contributed by atoms with Gasteiger partial charge in [-0.25, -0.2) is 9.97 Å². The molecule has 3 aromatic heterocycles. The van der Waals surface area contributed by atoms with E-state index in [1.807, 2.05) is 9.95 Å². The van der Waals surface area contributed by atoms with E-state index in [4.69, 9.17) is 17.2 Å². The Bertz CT molecular complexity index is 1260. The van der Waals surface area contributed by atoms with E-state index in [9.17, 15) is 4.79 Å². The second-order valence-electron chi connectivity index (χ2n) is 6.29. The second kappa shape index (κ2) is 7.90. The molecule has 0 amide bonds. The molecule has 0 fully saturated rings. The van der Waals surface area contributed by atoms with Gasteiger partial charge in [-0.05, 0) is 24.2 Å². The van der Waals surface area contributed by atoms with Crippen molar-refractivity contribution in [1.29, 1.82) is 0 Å². The van der Waals surface area contributed by atoms with Crippen LogP contribution >= 0.6 is 34.9 Å². The standard InChI is InChI=1S/C20H18N4OS3/c1-3-9-24-17-16(28-20(24)26)19(25)23(12-21-17)10-15-11-27-18(22-15)14-7-5-13(4-2)6-8-14/h3,5-8,11-12H,1,4,9-10H2,2H3. The molecule has 0 radical (unpaired) electrons. The van der Waals surface area contributed by atoms with E-state index in [1.165, 1.54) is 16.9 Å². The van der Waals surface area contributed by atoms with Gasteiger partial charge in [0.1, 0.15) is 16.0 Å². The molecular weight excluding hydrogens is 408 g/mol. The first-order valence-electron chi connectivity index (χ1n) is 8.84. The average molecular weight is 427 g/mol. The molecule has 0 aliphatic rings. The van der Waals surface area contributed by atoms with Crippen molar-refractivity contribution in [1.82, 2.24) is 19.1 Å². The van der Waals surface area contributed by atoms with E-state index >= 15 is 0 Å². The first kappa shape index (κ1) is 18.9. The van der Waals surface area contributed by atoms with Crippen molar-refractivity contribution in [2.75, 3.05) is 0 Å². The summed E-state index contributed by atoms with van der Waals surface area (Å²) < 4.78 is 4.61. The summed E-state index contributed by atoms with van der Waals surface area (Å²) in [7, 11) is 0. The minimum absolute atomic E-state index is 0.0919. The second-order valence-corrected chi connectivity index (χ2v) is 8.79. The summed E-state index contributed by atoms with van der Waals surface area (Å²) in [6.07, 6.45) is 4.34. The SMILES string of the molecule is C=CCn1c(=S)sc2c(=O)n(Cc3csc(-c4ccc(CC)cc4)n3)cnc21. The molecule has 0 spiro atoms. The van der Waals surface area contributed by atoms with E-state index in [1.54, 1.807) is 28.3 Å². The number of nitrogens with zero attached hydrogens (tertiary/aromatic N) is 4. The van der Waals surface area contributed by atoms with Crippen LogP contribution in [0.3, 0.4) is 0 Å². The van der Waals surface area contributed by atoms with Crippen LogP contribution in [0.4, 0.5) is 0 Å². The molecule has 0 atom stereocenters. The molecular formula is C20H18N4OS3. The lowest BCUT2D eigenvalue weighted by atomic mass is 10.1. The molecule has 0 saturated carbocycles. The highest BCUT2D eigenvalue weighted by Gasteiger charge is 2.13. The molecule has 5 nitrogen and oxygen atoms in total. The maximum Gasteiger partial charge on any atom is 0.273 e. The van der Waals surface area contributed by atoms with Crippen molar-refractivity contribution in [2.45, 2.75) is 26.4 Å². The molecule has 0 bridgehead atoms. The highest BCUT2D eigenvalue weighted by atomic mass is 32.1. The summed E-state index contributed by atoms with van der Waals surface area (Å²) in [5.41, 5.74) is 3.76. The predicted octanol–water partition coefficient (Wildman–Crippen LogP) is 4.91. The Morgan fingerprint density at radius 3 is 2.79 bits per heavy atom.